The second kappa shape index (κ2) is 9.03. The molecule has 150 valence electrons. The van der Waals surface area contributed by atoms with Crippen molar-refractivity contribution in [2.24, 2.45) is 5.41 Å². The van der Waals surface area contributed by atoms with Gasteiger partial charge in [-0.1, -0.05) is 20.8 Å². The van der Waals surface area contributed by atoms with Crippen LogP contribution in [0.4, 0.5) is 0 Å². The first kappa shape index (κ1) is 21.0. The standard InChI is InChI=1S/C19H29N3O5/c1-5-26-18(25)15-7-6-13(27-15)11-21-16(23)10-14-17(24)20-8-9-22(14)12-19(2,3)4/h6-7,14H,5,8-12H2,1-4H3,(H,20,24)(H,21,23). The maximum Gasteiger partial charge on any atom is 0.374 e. The lowest BCUT2D eigenvalue weighted by Crippen LogP contribution is -2.58. The van der Waals surface area contributed by atoms with Crippen molar-refractivity contribution in [3.05, 3.63) is 23.7 Å². The van der Waals surface area contributed by atoms with Gasteiger partial charge in [0.1, 0.15) is 5.76 Å². The summed E-state index contributed by atoms with van der Waals surface area (Å²) in [6, 6.07) is 2.65. The van der Waals surface area contributed by atoms with Crippen LogP contribution in [0.5, 0.6) is 0 Å². The highest BCUT2D eigenvalue weighted by molar-refractivity contribution is 5.89. The van der Waals surface area contributed by atoms with E-state index >= 15 is 0 Å². The van der Waals surface area contributed by atoms with E-state index in [1.54, 1.807) is 13.0 Å². The number of hydrogen-bond donors (Lipinski definition) is 2. The third-order valence-electron chi connectivity index (χ3n) is 4.10. The van der Waals surface area contributed by atoms with Crippen molar-refractivity contribution in [3.63, 3.8) is 0 Å². The molecular formula is C19H29N3O5. The van der Waals surface area contributed by atoms with Gasteiger partial charge in [-0.3, -0.25) is 14.5 Å². The molecule has 1 aromatic heterocycles. The first-order chi connectivity index (χ1) is 12.7. The summed E-state index contributed by atoms with van der Waals surface area (Å²) in [5, 5.41) is 5.57. The van der Waals surface area contributed by atoms with Crippen LogP contribution in [-0.4, -0.2) is 55.0 Å². The average Bonchev–Trinajstić information content (AvgIpc) is 3.04. The molecule has 0 saturated carbocycles. The fourth-order valence-corrected chi connectivity index (χ4v) is 3.00. The summed E-state index contributed by atoms with van der Waals surface area (Å²) in [7, 11) is 0. The number of ether oxygens (including phenoxy) is 1. The van der Waals surface area contributed by atoms with Gasteiger partial charge < -0.3 is 19.8 Å². The Kier molecular flexibility index (Phi) is 7.01. The number of piperazine rings is 1. The van der Waals surface area contributed by atoms with Crippen LogP contribution in [0.3, 0.4) is 0 Å². The molecule has 27 heavy (non-hydrogen) atoms. The minimum absolute atomic E-state index is 0.0318. The molecular weight excluding hydrogens is 350 g/mol. The highest BCUT2D eigenvalue weighted by Crippen LogP contribution is 2.19. The van der Waals surface area contributed by atoms with Gasteiger partial charge in [0.15, 0.2) is 0 Å². The minimum atomic E-state index is -0.535. The maximum atomic E-state index is 12.3. The van der Waals surface area contributed by atoms with Crippen molar-refractivity contribution in [3.8, 4) is 0 Å². The molecule has 0 radical (unpaired) electrons. The molecule has 0 bridgehead atoms. The fraction of sp³-hybridized carbons (Fsp3) is 0.632. The van der Waals surface area contributed by atoms with Gasteiger partial charge in [0.2, 0.25) is 17.6 Å². The Labute approximate surface area is 159 Å². The molecule has 2 heterocycles. The Morgan fingerprint density at radius 2 is 2.11 bits per heavy atom. The molecule has 0 aliphatic carbocycles. The predicted octanol–water partition coefficient (Wildman–Crippen LogP) is 1.31. The number of amides is 2. The quantitative estimate of drug-likeness (QED) is 0.693. The molecule has 1 saturated heterocycles. The van der Waals surface area contributed by atoms with E-state index in [-0.39, 0.29) is 42.6 Å². The molecule has 0 aromatic carbocycles. The van der Waals surface area contributed by atoms with Gasteiger partial charge >= 0.3 is 5.97 Å². The maximum absolute atomic E-state index is 12.3. The van der Waals surface area contributed by atoms with Crippen molar-refractivity contribution in [2.45, 2.75) is 46.7 Å². The number of furan rings is 1. The van der Waals surface area contributed by atoms with Gasteiger partial charge in [-0.05, 0) is 24.5 Å². The molecule has 1 aliphatic heterocycles. The summed E-state index contributed by atoms with van der Waals surface area (Å²) in [6.45, 7) is 10.5. The van der Waals surface area contributed by atoms with Crippen LogP contribution < -0.4 is 10.6 Å². The van der Waals surface area contributed by atoms with Crippen molar-refractivity contribution in [1.82, 2.24) is 15.5 Å². The molecule has 1 unspecified atom stereocenters. The molecule has 1 atom stereocenters. The van der Waals surface area contributed by atoms with E-state index in [1.165, 1.54) is 6.07 Å². The number of carbonyl (C=O) groups excluding carboxylic acids is 3. The van der Waals surface area contributed by atoms with Gasteiger partial charge in [-0.25, -0.2) is 4.79 Å². The lowest BCUT2D eigenvalue weighted by molar-refractivity contribution is -0.134. The Morgan fingerprint density at radius 1 is 1.37 bits per heavy atom. The Bertz CT molecular complexity index is 677. The monoisotopic (exact) mass is 379 g/mol. The number of nitrogens with one attached hydrogen (secondary N) is 2. The van der Waals surface area contributed by atoms with Crippen molar-refractivity contribution >= 4 is 17.8 Å². The SMILES string of the molecule is CCOC(=O)c1ccc(CNC(=O)CC2C(=O)NCCN2CC(C)(C)C)o1. The fourth-order valence-electron chi connectivity index (χ4n) is 3.00. The highest BCUT2D eigenvalue weighted by Gasteiger charge is 2.33. The zero-order chi connectivity index (χ0) is 20.0. The highest BCUT2D eigenvalue weighted by atomic mass is 16.5. The van der Waals surface area contributed by atoms with E-state index in [0.717, 1.165) is 13.1 Å². The molecule has 1 fully saturated rings. The van der Waals surface area contributed by atoms with E-state index in [2.05, 4.69) is 36.3 Å². The number of nitrogens with zero attached hydrogens (tertiary/aromatic N) is 1. The van der Waals surface area contributed by atoms with Crippen LogP contribution in [0.15, 0.2) is 16.5 Å². The molecule has 2 N–H and O–H groups in total. The van der Waals surface area contributed by atoms with Crippen molar-refractivity contribution in [2.75, 3.05) is 26.2 Å². The Hall–Kier alpha value is -2.35. The predicted molar refractivity (Wildman–Crippen MR) is 99.0 cm³/mol. The molecule has 8 nitrogen and oxygen atoms in total. The van der Waals surface area contributed by atoms with Gasteiger partial charge in [0, 0.05) is 19.6 Å². The first-order valence-electron chi connectivity index (χ1n) is 9.24. The van der Waals surface area contributed by atoms with Crippen LogP contribution in [0.2, 0.25) is 0 Å². The second-order valence-electron chi connectivity index (χ2n) is 7.81. The molecule has 2 rings (SSSR count). The van der Waals surface area contributed by atoms with Crippen LogP contribution in [0, 0.1) is 5.41 Å². The number of carbonyl (C=O) groups is 3. The zero-order valence-electron chi connectivity index (χ0n) is 16.5. The number of hydrogen-bond acceptors (Lipinski definition) is 6. The van der Waals surface area contributed by atoms with Crippen molar-refractivity contribution in [1.29, 1.82) is 0 Å². The lowest BCUT2D eigenvalue weighted by Gasteiger charge is -2.38. The molecule has 1 aliphatic rings. The summed E-state index contributed by atoms with van der Waals surface area (Å²) in [6.07, 6.45) is 0.0767. The topological polar surface area (TPSA) is 101 Å². The van der Waals surface area contributed by atoms with E-state index in [1.807, 2.05) is 0 Å². The lowest BCUT2D eigenvalue weighted by atomic mass is 9.94. The van der Waals surface area contributed by atoms with Crippen molar-refractivity contribution < 1.29 is 23.5 Å². The molecule has 8 heteroatoms. The molecule has 2 amide bonds. The summed E-state index contributed by atoms with van der Waals surface area (Å²) >= 11 is 0. The third kappa shape index (κ3) is 6.39. The third-order valence-corrected chi connectivity index (χ3v) is 4.10. The zero-order valence-corrected chi connectivity index (χ0v) is 16.5. The molecule has 1 aromatic rings. The summed E-state index contributed by atoms with van der Waals surface area (Å²) < 4.78 is 10.2. The van der Waals surface area contributed by atoms with Crippen LogP contribution in [-0.2, 0) is 20.9 Å². The van der Waals surface area contributed by atoms with Crippen LogP contribution in [0.1, 0.15) is 50.4 Å². The smallest absolute Gasteiger partial charge is 0.374 e. The van der Waals surface area contributed by atoms with E-state index < -0.39 is 12.0 Å². The molecule has 0 spiro atoms. The largest absolute Gasteiger partial charge is 0.460 e. The Balaban J connectivity index is 1.89. The van der Waals surface area contributed by atoms with Crippen LogP contribution in [0.25, 0.3) is 0 Å². The van der Waals surface area contributed by atoms with Gasteiger partial charge in [0.05, 0.1) is 25.6 Å². The van der Waals surface area contributed by atoms with Gasteiger partial charge in [0.25, 0.3) is 0 Å². The van der Waals surface area contributed by atoms with E-state index in [4.69, 9.17) is 9.15 Å². The van der Waals surface area contributed by atoms with E-state index in [9.17, 15) is 14.4 Å². The van der Waals surface area contributed by atoms with Crippen LogP contribution >= 0.6 is 0 Å². The number of rotatable bonds is 7. The number of esters is 1. The average molecular weight is 379 g/mol. The normalized spacial score (nSPS) is 18.1. The van der Waals surface area contributed by atoms with Gasteiger partial charge in [-0.15, -0.1) is 0 Å². The van der Waals surface area contributed by atoms with E-state index in [0.29, 0.717) is 12.3 Å². The summed E-state index contributed by atoms with van der Waals surface area (Å²) in [5.41, 5.74) is 0.0318. The summed E-state index contributed by atoms with van der Waals surface area (Å²) in [5.74, 6) is -0.352. The Morgan fingerprint density at radius 3 is 2.78 bits per heavy atom. The second-order valence-corrected chi connectivity index (χ2v) is 7.81. The van der Waals surface area contributed by atoms with Gasteiger partial charge in [-0.2, -0.15) is 0 Å². The minimum Gasteiger partial charge on any atom is -0.460 e. The summed E-state index contributed by atoms with van der Waals surface area (Å²) in [4.78, 5) is 38.2. The first-order valence-corrected chi connectivity index (χ1v) is 9.24.